The van der Waals surface area contributed by atoms with E-state index in [0.29, 0.717) is 5.56 Å². The zero-order valence-corrected chi connectivity index (χ0v) is 12.8. The summed E-state index contributed by atoms with van der Waals surface area (Å²) in [6.45, 7) is 3.43. The van der Waals surface area contributed by atoms with Crippen molar-refractivity contribution in [1.29, 1.82) is 0 Å². The van der Waals surface area contributed by atoms with Crippen LogP contribution in [0, 0.1) is 5.82 Å². The van der Waals surface area contributed by atoms with Crippen molar-refractivity contribution < 1.29 is 14.3 Å². The summed E-state index contributed by atoms with van der Waals surface area (Å²) in [6, 6.07) is 8.04. The molecule has 0 aliphatic rings. The fraction of sp³-hybridized carbons (Fsp3) is 0.312. The number of benzene rings is 1. The third-order valence-electron chi connectivity index (χ3n) is 3.50. The molecule has 0 saturated carbocycles. The second-order valence-electron chi connectivity index (χ2n) is 5.39. The molecule has 0 aliphatic heterocycles. The summed E-state index contributed by atoms with van der Waals surface area (Å²) in [5, 5.41) is 16.3. The average molecular weight is 307 g/mol. The molecule has 0 fully saturated rings. The highest BCUT2D eigenvalue weighted by Gasteiger charge is 2.32. The maximum absolute atomic E-state index is 13.8. The van der Waals surface area contributed by atoms with Crippen LogP contribution in [-0.2, 0) is 10.2 Å². The number of thiophene rings is 1. The van der Waals surface area contributed by atoms with Crippen LogP contribution in [0.25, 0.3) is 0 Å². The third-order valence-corrected chi connectivity index (χ3v) is 4.20. The molecule has 21 heavy (non-hydrogen) atoms. The Morgan fingerprint density at radius 3 is 2.71 bits per heavy atom. The number of amides is 1. The molecule has 0 spiro atoms. The molecule has 2 aromatic rings. The molecular weight excluding hydrogens is 289 g/mol. The van der Waals surface area contributed by atoms with E-state index in [0.717, 1.165) is 5.56 Å². The van der Waals surface area contributed by atoms with Crippen molar-refractivity contribution in [3.8, 4) is 0 Å². The van der Waals surface area contributed by atoms with Crippen LogP contribution in [-0.4, -0.2) is 17.6 Å². The lowest BCUT2D eigenvalue weighted by Crippen LogP contribution is -2.42. The highest BCUT2D eigenvalue weighted by atomic mass is 32.1. The lowest BCUT2D eigenvalue weighted by atomic mass is 9.83. The van der Waals surface area contributed by atoms with Crippen molar-refractivity contribution in [3.05, 3.63) is 58.0 Å². The molecule has 0 radical (unpaired) electrons. The van der Waals surface area contributed by atoms with Crippen molar-refractivity contribution in [2.75, 3.05) is 6.54 Å². The number of aliphatic hydroxyl groups excluding tert-OH is 1. The first-order valence-electron chi connectivity index (χ1n) is 6.66. The Morgan fingerprint density at radius 1 is 1.38 bits per heavy atom. The maximum Gasteiger partial charge on any atom is 0.230 e. The topological polar surface area (TPSA) is 49.3 Å². The smallest absolute Gasteiger partial charge is 0.230 e. The fourth-order valence-electron chi connectivity index (χ4n) is 2.08. The van der Waals surface area contributed by atoms with Crippen LogP contribution in [0.2, 0.25) is 0 Å². The van der Waals surface area contributed by atoms with Crippen LogP contribution in [0.15, 0.2) is 41.1 Å². The summed E-state index contributed by atoms with van der Waals surface area (Å²) in [4.78, 5) is 12.3. The Kier molecular flexibility index (Phi) is 4.75. The first kappa shape index (κ1) is 15.7. The maximum atomic E-state index is 13.8. The average Bonchev–Trinajstić information content (AvgIpc) is 2.98. The van der Waals surface area contributed by atoms with E-state index in [-0.39, 0.29) is 12.5 Å². The molecule has 0 bridgehead atoms. The van der Waals surface area contributed by atoms with Gasteiger partial charge in [-0.3, -0.25) is 4.79 Å². The molecule has 2 rings (SSSR count). The van der Waals surface area contributed by atoms with Gasteiger partial charge in [0, 0.05) is 12.1 Å². The minimum Gasteiger partial charge on any atom is -0.387 e. The number of hydrogen-bond donors (Lipinski definition) is 2. The number of hydrogen-bond acceptors (Lipinski definition) is 3. The molecule has 0 saturated heterocycles. The molecule has 5 heteroatoms. The van der Waals surface area contributed by atoms with E-state index in [4.69, 9.17) is 0 Å². The Morgan fingerprint density at radius 2 is 2.10 bits per heavy atom. The Hall–Kier alpha value is -1.72. The lowest BCUT2D eigenvalue weighted by Gasteiger charge is -2.25. The minimum absolute atomic E-state index is 0.105. The second kappa shape index (κ2) is 6.37. The summed E-state index contributed by atoms with van der Waals surface area (Å²) in [5.41, 5.74) is 0.108. The SMILES string of the molecule is CC(C)(C(=O)NC[C@@H](O)c1ccsc1)c1ccccc1F. The quantitative estimate of drug-likeness (QED) is 0.892. The van der Waals surface area contributed by atoms with E-state index in [1.54, 1.807) is 32.0 Å². The number of aliphatic hydroxyl groups is 1. The minimum atomic E-state index is -1.00. The van der Waals surface area contributed by atoms with Gasteiger partial charge in [-0.25, -0.2) is 4.39 Å². The van der Waals surface area contributed by atoms with Gasteiger partial charge in [0.1, 0.15) is 5.82 Å². The van der Waals surface area contributed by atoms with Gasteiger partial charge in [-0.2, -0.15) is 11.3 Å². The van der Waals surface area contributed by atoms with Gasteiger partial charge in [-0.05, 0) is 42.3 Å². The van der Waals surface area contributed by atoms with Gasteiger partial charge in [0.2, 0.25) is 5.91 Å². The predicted molar refractivity (Wildman–Crippen MR) is 81.7 cm³/mol. The Labute approximate surface area is 127 Å². The fourth-order valence-corrected chi connectivity index (χ4v) is 2.79. The first-order valence-corrected chi connectivity index (χ1v) is 7.60. The molecule has 1 heterocycles. The van der Waals surface area contributed by atoms with E-state index in [1.165, 1.54) is 17.4 Å². The van der Waals surface area contributed by atoms with Crippen LogP contribution < -0.4 is 5.32 Å². The van der Waals surface area contributed by atoms with E-state index < -0.39 is 17.3 Å². The molecule has 112 valence electrons. The predicted octanol–water partition coefficient (Wildman–Crippen LogP) is 3.01. The van der Waals surface area contributed by atoms with Crippen LogP contribution in [0.5, 0.6) is 0 Å². The van der Waals surface area contributed by atoms with Crippen molar-refractivity contribution in [1.82, 2.24) is 5.32 Å². The summed E-state index contributed by atoms with van der Waals surface area (Å²) in [7, 11) is 0. The zero-order valence-electron chi connectivity index (χ0n) is 12.0. The van der Waals surface area contributed by atoms with Crippen molar-refractivity contribution in [2.45, 2.75) is 25.4 Å². The number of nitrogens with one attached hydrogen (secondary N) is 1. The lowest BCUT2D eigenvalue weighted by molar-refractivity contribution is -0.126. The molecule has 3 nitrogen and oxygen atoms in total. The zero-order chi connectivity index (χ0) is 15.5. The molecule has 0 unspecified atom stereocenters. The van der Waals surface area contributed by atoms with Gasteiger partial charge in [0.15, 0.2) is 0 Å². The van der Waals surface area contributed by atoms with Crippen LogP contribution >= 0.6 is 11.3 Å². The molecule has 1 amide bonds. The van der Waals surface area contributed by atoms with Crippen LogP contribution in [0.3, 0.4) is 0 Å². The Bertz CT molecular complexity index is 610. The monoisotopic (exact) mass is 307 g/mol. The molecule has 2 N–H and O–H groups in total. The highest BCUT2D eigenvalue weighted by molar-refractivity contribution is 7.07. The second-order valence-corrected chi connectivity index (χ2v) is 6.17. The highest BCUT2D eigenvalue weighted by Crippen LogP contribution is 2.26. The summed E-state index contributed by atoms with van der Waals surface area (Å²) in [6.07, 6.45) is -0.753. The third kappa shape index (κ3) is 3.49. The number of carbonyl (C=O) groups excluding carboxylic acids is 1. The van der Waals surface area contributed by atoms with E-state index >= 15 is 0 Å². The van der Waals surface area contributed by atoms with Crippen LogP contribution in [0.4, 0.5) is 4.39 Å². The van der Waals surface area contributed by atoms with Crippen molar-refractivity contribution in [2.24, 2.45) is 0 Å². The van der Waals surface area contributed by atoms with Gasteiger partial charge in [-0.15, -0.1) is 0 Å². The molecule has 1 atom stereocenters. The van der Waals surface area contributed by atoms with Crippen molar-refractivity contribution in [3.63, 3.8) is 0 Å². The summed E-state index contributed by atoms with van der Waals surface area (Å²) >= 11 is 1.48. The first-order chi connectivity index (χ1) is 9.93. The molecule has 1 aromatic carbocycles. The summed E-state index contributed by atoms with van der Waals surface area (Å²) in [5.74, 6) is -0.724. The molecule has 1 aromatic heterocycles. The molecular formula is C16H18FNO2S. The van der Waals surface area contributed by atoms with Crippen molar-refractivity contribution >= 4 is 17.2 Å². The van der Waals surface area contributed by atoms with Gasteiger partial charge in [0.05, 0.1) is 11.5 Å². The van der Waals surface area contributed by atoms with Gasteiger partial charge >= 0.3 is 0 Å². The number of carbonyl (C=O) groups is 1. The van der Waals surface area contributed by atoms with Gasteiger partial charge in [-0.1, -0.05) is 18.2 Å². The molecule has 0 aliphatic carbocycles. The standard InChI is InChI=1S/C16H18FNO2S/c1-16(2,12-5-3-4-6-13(12)17)15(20)18-9-14(19)11-7-8-21-10-11/h3-8,10,14,19H,9H2,1-2H3,(H,18,20)/t14-/m1/s1. The Balaban J connectivity index is 2.04. The largest absolute Gasteiger partial charge is 0.387 e. The van der Waals surface area contributed by atoms with Gasteiger partial charge < -0.3 is 10.4 Å². The van der Waals surface area contributed by atoms with E-state index in [9.17, 15) is 14.3 Å². The van der Waals surface area contributed by atoms with E-state index in [2.05, 4.69) is 5.32 Å². The summed E-state index contributed by atoms with van der Waals surface area (Å²) < 4.78 is 13.8. The normalized spacial score (nSPS) is 13.0. The van der Waals surface area contributed by atoms with E-state index in [1.807, 2.05) is 16.8 Å². The van der Waals surface area contributed by atoms with Crippen LogP contribution in [0.1, 0.15) is 31.1 Å². The number of halogens is 1. The number of rotatable bonds is 5. The van der Waals surface area contributed by atoms with Gasteiger partial charge in [0.25, 0.3) is 0 Å².